The van der Waals surface area contributed by atoms with Crippen LogP contribution in [0.1, 0.15) is 11.4 Å². The van der Waals surface area contributed by atoms with E-state index in [1.807, 2.05) is 58.3 Å². The number of methoxy groups -OCH3 is 4. The van der Waals surface area contributed by atoms with Crippen molar-refractivity contribution in [1.29, 1.82) is 0 Å². The van der Waals surface area contributed by atoms with Crippen molar-refractivity contribution in [2.45, 2.75) is 12.8 Å². The quantitative estimate of drug-likeness (QED) is 0.278. The fraction of sp³-hybridized carbons (Fsp3) is 0.389. The molecule has 0 spiro atoms. The third-order valence-electron chi connectivity index (χ3n) is 9.23. The van der Waals surface area contributed by atoms with Gasteiger partial charge in [-0.15, -0.1) is 0 Å². The van der Waals surface area contributed by atoms with Crippen LogP contribution in [0.2, 0.25) is 0 Å². The van der Waals surface area contributed by atoms with E-state index in [9.17, 15) is 9.59 Å². The Morgan fingerprint density at radius 2 is 0.979 bits per heavy atom. The van der Waals surface area contributed by atoms with Crippen molar-refractivity contribution in [3.05, 3.63) is 72.1 Å². The highest BCUT2D eigenvalue weighted by molar-refractivity contribution is 5.96. The van der Waals surface area contributed by atoms with Gasteiger partial charge < -0.3 is 43.5 Å². The number of nitrogens with zero attached hydrogens (tertiary/aromatic N) is 4. The number of aromatic amines is 1. The van der Waals surface area contributed by atoms with E-state index in [1.165, 1.54) is 0 Å². The van der Waals surface area contributed by atoms with E-state index in [0.717, 1.165) is 71.2 Å². The zero-order valence-corrected chi connectivity index (χ0v) is 27.6. The maximum Gasteiger partial charge on any atom is 0.228 e. The minimum Gasteiger partial charge on any atom is -0.497 e. The van der Waals surface area contributed by atoms with Crippen LogP contribution in [0.4, 0.5) is 11.4 Å². The number of ether oxygens (including phenoxy) is 4. The number of amides is 2. The van der Waals surface area contributed by atoms with E-state index >= 15 is 0 Å². The Morgan fingerprint density at radius 1 is 0.574 bits per heavy atom. The molecular weight excluding hydrogens is 598 g/mol. The number of hydrogen-bond donors (Lipinski definition) is 1. The average molecular weight is 642 g/mol. The summed E-state index contributed by atoms with van der Waals surface area (Å²) in [5, 5.41) is 1.72. The number of rotatable bonds is 10. The predicted octanol–water partition coefficient (Wildman–Crippen LogP) is 3.98. The van der Waals surface area contributed by atoms with E-state index in [4.69, 9.17) is 18.9 Å². The van der Waals surface area contributed by atoms with Gasteiger partial charge in [0.15, 0.2) is 11.5 Å². The number of carbonyl (C=O) groups excluding carboxylic acids is 2. The molecule has 2 fully saturated rings. The molecule has 2 amide bonds. The largest absolute Gasteiger partial charge is 0.497 e. The van der Waals surface area contributed by atoms with Gasteiger partial charge in [0.05, 0.1) is 41.3 Å². The lowest BCUT2D eigenvalue weighted by Crippen LogP contribution is -2.49. The summed E-state index contributed by atoms with van der Waals surface area (Å²) in [5.74, 6) is 2.87. The highest BCUT2D eigenvalue weighted by Crippen LogP contribution is 2.36. The second-order valence-corrected chi connectivity index (χ2v) is 11.8. The van der Waals surface area contributed by atoms with Crippen molar-refractivity contribution in [2.75, 3.05) is 90.6 Å². The molecule has 0 saturated carbocycles. The van der Waals surface area contributed by atoms with Gasteiger partial charge in [0.25, 0.3) is 0 Å². The number of hydrogen-bond acceptors (Lipinski definition) is 8. The maximum atomic E-state index is 13.6. The maximum absolute atomic E-state index is 13.6. The highest BCUT2D eigenvalue weighted by atomic mass is 16.5. The van der Waals surface area contributed by atoms with Crippen molar-refractivity contribution in [3.63, 3.8) is 0 Å². The lowest BCUT2D eigenvalue weighted by atomic mass is 10.1. The lowest BCUT2D eigenvalue weighted by molar-refractivity contribution is -0.131. The first-order valence-corrected chi connectivity index (χ1v) is 16.0. The van der Waals surface area contributed by atoms with Gasteiger partial charge in [-0.05, 0) is 36.4 Å². The Balaban J connectivity index is 1.15. The predicted molar refractivity (Wildman–Crippen MR) is 182 cm³/mol. The van der Waals surface area contributed by atoms with Crippen LogP contribution in [0.15, 0.2) is 60.7 Å². The van der Waals surface area contributed by atoms with Gasteiger partial charge in [0.2, 0.25) is 11.8 Å². The monoisotopic (exact) mass is 641 g/mol. The second kappa shape index (κ2) is 14.1. The topological polar surface area (TPSA) is 99.8 Å². The molecule has 4 aromatic rings. The summed E-state index contributed by atoms with van der Waals surface area (Å²) in [6.07, 6.45) is 0.386. The van der Waals surface area contributed by atoms with Gasteiger partial charge in [-0.25, -0.2) is 0 Å². The van der Waals surface area contributed by atoms with Gasteiger partial charge in [0.1, 0.15) is 11.5 Å². The molecule has 2 saturated heterocycles. The van der Waals surface area contributed by atoms with Gasteiger partial charge in [0, 0.05) is 98.0 Å². The van der Waals surface area contributed by atoms with Crippen LogP contribution in [-0.4, -0.2) is 107 Å². The molecule has 11 heteroatoms. The molecule has 47 heavy (non-hydrogen) atoms. The Kier molecular flexibility index (Phi) is 9.60. The van der Waals surface area contributed by atoms with Crippen molar-refractivity contribution in [3.8, 4) is 23.0 Å². The third-order valence-corrected chi connectivity index (χ3v) is 9.23. The van der Waals surface area contributed by atoms with Crippen molar-refractivity contribution in [2.24, 2.45) is 0 Å². The zero-order chi connectivity index (χ0) is 32.9. The molecule has 1 N–H and O–H groups in total. The molecule has 3 aromatic carbocycles. The van der Waals surface area contributed by atoms with Crippen molar-refractivity contribution in [1.82, 2.24) is 14.8 Å². The number of nitrogens with one attached hydrogen (secondary N) is 1. The molecule has 1 aromatic heterocycles. The summed E-state index contributed by atoms with van der Waals surface area (Å²) in [4.78, 5) is 39.1. The van der Waals surface area contributed by atoms with Crippen LogP contribution < -0.4 is 28.7 Å². The summed E-state index contributed by atoms with van der Waals surface area (Å²) < 4.78 is 22.0. The summed E-state index contributed by atoms with van der Waals surface area (Å²) in [6, 6.07) is 19.8. The molecular formula is C36H43N5O6. The zero-order valence-electron chi connectivity index (χ0n) is 27.6. The fourth-order valence-corrected chi connectivity index (χ4v) is 6.54. The van der Waals surface area contributed by atoms with Gasteiger partial charge in [-0.2, -0.15) is 0 Å². The smallest absolute Gasteiger partial charge is 0.228 e. The summed E-state index contributed by atoms with van der Waals surface area (Å²) in [5.41, 5.74) is 3.71. The van der Waals surface area contributed by atoms with E-state index < -0.39 is 0 Å². The Bertz CT molecular complexity index is 1600. The van der Waals surface area contributed by atoms with Crippen LogP contribution in [0.5, 0.6) is 23.0 Å². The third kappa shape index (κ3) is 6.89. The summed E-state index contributed by atoms with van der Waals surface area (Å²) in [7, 11) is 6.52. The molecule has 2 aliphatic rings. The van der Waals surface area contributed by atoms with Crippen molar-refractivity contribution >= 4 is 34.0 Å². The SMILES string of the molecule is COc1cccc(N2CCN(C(=O)Cc3[nH]c(CC(=O)N4CCN(c5cccc(OC)c5)CC4)c4cc(OC)c(OC)cc34)CC2)c1. The van der Waals surface area contributed by atoms with Crippen LogP contribution in [0, 0.1) is 0 Å². The van der Waals surface area contributed by atoms with Gasteiger partial charge in [-0.3, -0.25) is 9.59 Å². The fourth-order valence-electron chi connectivity index (χ4n) is 6.54. The first-order chi connectivity index (χ1) is 22.9. The number of carbonyl (C=O) groups is 2. The van der Waals surface area contributed by atoms with Crippen LogP contribution >= 0.6 is 0 Å². The molecule has 0 bridgehead atoms. The Hall–Kier alpha value is -5.06. The first-order valence-electron chi connectivity index (χ1n) is 16.0. The van der Waals surface area contributed by atoms with E-state index in [1.54, 1.807) is 28.4 Å². The normalized spacial score (nSPS) is 15.1. The van der Waals surface area contributed by atoms with E-state index in [-0.39, 0.29) is 24.7 Å². The van der Waals surface area contributed by atoms with Crippen molar-refractivity contribution < 1.29 is 28.5 Å². The van der Waals surface area contributed by atoms with Gasteiger partial charge in [-0.1, -0.05) is 12.1 Å². The summed E-state index contributed by atoms with van der Waals surface area (Å²) in [6.45, 7) is 5.44. The molecule has 0 aliphatic carbocycles. The summed E-state index contributed by atoms with van der Waals surface area (Å²) >= 11 is 0. The Morgan fingerprint density at radius 3 is 1.34 bits per heavy atom. The highest BCUT2D eigenvalue weighted by Gasteiger charge is 2.26. The number of fused-ring (bicyclic) bond motifs is 1. The standard InChI is InChI=1S/C36H43N5O6/c1-44-27-9-5-7-25(19-27)38-11-15-40(16-12-38)35(42)23-31-29-21-33(46-3)34(47-4)22-30(29)32(37-31)24-36(43)41-17-13-39(14-18-41)26-8-6-10-28(20-26)45-2/h5-10,19-22,37H,11-18,23-24H2,1-4H3. The molecule has 6 rings (SSSR count). The van der Waals surface area contributed by atoms with E-state index in [0.29, 0.717) is 37.7 Å². The second-order valence-electron chi connectivity index (χ2n) is 11.8. The van der Waals surface area contributed by atoms with Crippen LogP contribution in [0.25, 0.3) is 10.8 Å². The van der Waals surface area contributed by atoms with Gasteiger partial charge >= 0.3 is 0 Å². The first kappa shape index (κ1) is 31.9. The van der Waals surface area contributed by atoms with Crippen LogP contribution in [-0.2, 0) is 22.4 Å². The lowest BCUT2D eigenvalue weighted by Gasteiger charge is -2.36. The molecule has 3 heterocycles. The molecule has 0 radical (unpaired) electrons. The molecule has 248 valence electrons. The molecule has 0 atom stereocenters. The Labute approximate surface area is 275 Å². The number of benzene rings is 3. The minimum absolute atomic E-state index is 0.0415. The number of aromatic nitrogens is 1. The van der Waals surface area contributed by atoms with Crippen LogP contribution in [0.3, 0.4) is 0 Å². The molecule has 11 nitrogen and oxygen atoms in total. The number of piperazine rings is 2. The molecule has 2 aliphatic heterocycles. The van der Waals surface area contributed by atoms with E-state index in [2.05, 4.69) is 26.9 Å². The molecule has 0 unspecified atom stereocenters. The number of anilines is 2. The average Bonchev–Trinajstić information content (AvgIpc) is 3.45. The number of H-pyrrole nitrogens is 1. The minimum atomic E-state index is 0.0415.